The summed E-state index contributed by atoms with van der Waals surface area (Å²) in [7, 11) is 0. The fourth-order valence-electron chi connectivity index (χ4n) is 1.09. The number of rotatable bonds is 3. The highest BCUT2D eigenvalue weighted by Gasteiger charge is 1.98. The van der Waals surface area contributed by atoms with Crippen LogP contribution in [-0.4, -0.2) is 9.97 Å². The van der Waals surface area contributed by atoms with Crippen LogP contribution in [0.5, 0.6) is 11.8 Å². The SMILES string of the molecule is Cl.ClCc1ccc(Oc2ncccn2)cc1. The summed E-state index contributed by atoms with van der Waals surface area (Å²) < 4.78 is 5.41. The molecule has 84 valence electrons. The van der Waals surface area contributed by atoms with Gasteiger partial charge in [0, 0.05) is 18.3 Å². The Bertz CT molecular complexity index is 420. The zero-order valence-corrected chi connectivity index (χ0v) is 9.91. The van der Waals surface area contributed by atoms with Crippen molar-refractivity contribution in [3.63, 3.8) is 0 Å². The van der Waals surface area contributed by atoms with Crippen molar-refractivity contribution in [1.82, 2.24) is 9.97 Å². The first-order chi connectivity index (χ1) is 7.38. The minimum atomic E-state index is 0. The van der Waals surface area contributed by atoms with E-state index in [-0.39, 0.29) is 12.4 Å². The van der Waals surface area contributed by atoms with E-state index in [2.05, 4.69) is 9.97 Å². The lowest BCUT2D eigenvalue weighted by atomic mass is 10.2. The highest BCUT2D eigenvalue weighted by molar-refractivity contribution is 6.17. The molecule has 0 unspecified atom stereocenters. The van der Waals surface area contributed by atoms with Crippen molar-refractivity contribution >= 4 is 24.0 Å². The maximum Gasteiger partial charge on any atom is 0.321 e. The molecule has 0 N–H and O–H groups in total. The predicted molar refractivity (Wildman–Crippen MR) is 65.4 cm³/mol. The molecule has 0 radical (unpaired) electrons. The van der Waals surface area contributed by atoms with Gasteiger partial charge in [-0.15, -0.1) is 24.0 Å². The van der Waals surface area contributed by atoms with E-state index in [0.717, 1.165) is 5.56 Å². The van der Waals surface area contributed by atoms with Gasteiger partial charge in [0.15, 0.2) is 0 Å². The summed E-state index contributed by atoms with van der Waals surface area (Å²) in [6, 6.07) is 9.58. The standard InChI is InChI=1S/C11H9ClN2O.ClH/c12-8-9-2-4-10(5-3-9)15-11-13-6-1-7-14-11;/h1-7H,8H2;1H. The van der Waals surface area contributed by atoms with Gasteiger partial charge >= 0.3 is 6.01 Å². The third-order valence-corrected chi connectivity index (χ3v) is 2.14. The van der Waals surface area contributed by atoms with Crippen LogP contribution in [-0.2, 0) is 5.88 Å². The smallest absolute Gasteiger partial charge is 0.321 e. The quantitative estimate of drug-likeness (QED) is 0.790. The van der Waals surface area contributed by atoms with Gasteiger partial charge in [-0.25, -0.2) is 9.97 Å². The zero-order valence-electron chi connectivity index (χ0n) is 8.34. The lowest BCUT2D eigenvalue weighted by Crippen LogP contribution is -1.90. The van der Waals surface area contributed by atoms with Crippen LogP contribution in [0.25, 0.3) is 0 Å². The molecule has 0 saturated carbocycles. The first-order valence-corrected chi connectivity index (χ1v) is 5.02. The van der Waals surface area contributed by atoms with Crippen molar-refractivity contribution in [3.05, 3.63) is 48.3 Å². The van der Waals surface area contributed by atoms with Crippen molar-refractivity contribution < 1.29 is 4.74 Å². The third kappa shape index (κ3) is 3.36. The first-order valence-electron chi connectivity index (χ1n) is 4.48. The van der Waals surface area contributed by atoms with E-state index in [9.17, 15) is 0 Å². The summed E-state index contributed by atoms with van der Waals surface area (Å²) in [5.41, 5.74) is 1.05. The summed E-state index contributed by atoms with van der Waals surface area (Å²) >= 11 is 5.67. The van der Waals surface area contributed by atoms with Crippen LogP contribution >= 0.6 is 24.0 Å². The molecule has 1 aromatic heterocycles. The average molecular weight is 257 g/mol. The largest absolute Gasteiger partial charge is 0.424 e. The first kappa shape index (κ1) is 12.7. The molecule has 16 heavy (non-hydrogen) atoms. The molecule has 0 saturated heterocycles. The second-order valence-corrected chi connectivity index (χ2v) is 3.18. The van der Waals surface area contributed by atoms with Crippen LogP contribution in [0, 0.1) is 0 Å². The van der Waals surface area contributed by atoms with Gasteiger partial charge in [0.2, 0.25) is 0 Å². The van der Waals surface area contributed by atoms with Crippen molar-refractivity contribution in [3.8, 4) is 11.8 Å². The molecule has 0 fully saturated rings. The number of benzene rings is 1. The van der Waals surface area contributed by atoms with Gasteiger partial charge in [-0.2, -0.15) is 0 Å². The summed E-state index contributed by atoms with van der Waals surface area (Å²) in [6.07, 6.45) is 3.27. The molecule has 0 bridgehead atoms. The van der Waals surface area contributed by atoms with Crippen molar-refractivity contribution in [2.45, 2.75) is 5.88 Å². The molecular weight excluding hydrogens is 247 g/mol. The lowest BCUT2D eigenvalue weighted by molar-refractivity contribution is 0.441. The van der Waals surface area contributed by atoms with E-state index >= 15 is 0 Å². The molecule has 0 atom stereocenters. The Morgan fingerprint density at radius 1 is 1.06 bits per heavy atom. The second kappa shape index (κ2) is 6.30. The molecule has 0 aliphatic rings. The van der Waals surface area contributed by atoms with Gasteiger partial charge in [-0.1, -0.05) is 12.1 Å². The molecule has 2 rings (SSSR count). The summed E-state index contributed by atoms with van der Waals surface area (Å²) in [5.74, 6) is 1.21. The molecule has 2 aromatic rings. The van der Waals surface area contributed by atoms with Crippen LogP contribution in [0.3, 0.4) is 0 Å². The number of nitrogens with zero attached hydrogens (tertiary/aromatic N) is 2. The predicted octanol–water partition coefficient (Wildman–Crippen LogP) is 3.43. The topological polar surface area (TPSA) is 35.0 Å². The van der Waals surface area contributed by atoms with E-state index in [1.165, 1.54) is 0 Å². The Labute approximate surface area is 105 Å². The zero-order chi connectivity index (χ0) is 10.5. The molecular formula is C11H10Cl2N2O. The number of ether oxygens (including phenoxy) is 1. The number of hydrogen-bond donors (Lipinski definition) is 0. The lowest BCUT2D eigenvalue weighted by Gasteiger charge is -2.03. The summed E-state index contributed by atoms with van der Waals surface area (Å²) in [5, 5.41) is 0. The van der Waals surface area contributed by atoms with E-state index in [1.54, 1.807) is 18.5 Å². The van der Waals surface area contributed by atoms with Gasteiger partial charge in [-0.3, -0.25) is 0 Å². The van der Waals surface area contributed by atoms with Crippen LogP contribution in [0.1, 0.15) is 5.56 Å². The highest BCUT2D eigenvalue weighted by atomic mass is 35.5. The van der Waals surface area contributed by atoms with Crippen molar-refractivity contribution in [1.29, 1.82) is 0 Å². The van der Waals surface area contributed by atoms with E-state index in [0.29, 0.717) is 17.6 Å². The van der Waals surface area contributed by atoms with Gasteiger partial charge in [-0.05, 0) is 23.8 Å². The number of halogens is 2. The Morgan fingerprint density at radius 3 is 2.25 bits per heavy atom. The summed E-state index contributed by atoms with van der Waals surface area (Å²) in [6.45, 7) is 0. The van der Waals surface area contributed by atoms with Crippen molar-refractivity contribution in [2.75, 3.05) is 0 Å². The molecule has 1 heterocycles. The molecule has 5 heteroatoms. The molecule has 3 nitrogen and oxygen atoms in total. The number of hydrogen-bond acceptors (Lipinski definition) is 3. The van der Waals surface area contributed by atoms with Gasteiger partial charge in [0.25, 0.3) is 0 Å². The Morgan fingerprint density at radius 2 is 1.69 bits per heavy atom. The highest BCUT2D eigenvalue weighted by Crippen LogP contribution is 2.18. The fourth-order valence-corrected chi connectivity index (χ4v) is 1.27. The normalized spacial score (nSPS) is 9.31. The number of aromatic nitrogens is 2. The molecule has 0 amide bonds. The van der Waals surface area contributed by atoms with E-state index in [1.807, 2.05) is 24.3 Å². The van der Waals surface area contributed by atoms with Crippen LogP contribution in [0.15, 0.2) is 42.7 Å². The van der Waals surface area contributed by atoms with Gasteiger partial charge in [0.05, 0.1) is 0 Å². The molecule has 0 spiro atoms. The van der Waals surface area contributed by atoms with Gasteiger partial charge in [0.1, 0.15) is 5.75 Å². The van der Waals surface area contributed by atoms with Gasteiger partial charge < -0.3 is 4.74 Å². The van der Waals surface area contributed by atoms with E-state index < -0.39 is 0 Å². The van der Waals surface area contributed by atoms with Crippen LogP contribution in [0.2, 0.25) is 0 Å². The number of alkyl halides is 1. The van der Waals surface area contributed by atoms with Crippen molar-refractivity contribution in [2.24, 2.45) is 0 Å². The van der Waals surface area contributed by atoms with Crippen LogP contribution < -0.4 is 4.74 Å². The monoisotopic (exact) mass is 256 g/mol. The summed E-state index contributed by atoms with van der Waals surface area (Å²) in [4.78, 5) is 7.91. The molecule has 1 aromatic carbocycles. The Hall–Kier alpha value is -1.32. The fraction of sp³-hybridized carbons (Fsp3) is 0.0909. The minimum Gasteiger partial charge on any atom is -0.424 e. The maximum atomic E-state index is 5.67. The third-order valence-electron chi connectivity index (χ3n) is 1.83. The van der Waals surface area contributed by atoms with Crippen LogP contribution in [0.4, 0.5) is 0 Å². The minimum absolute atomic E-state index is 0. The second-order valence-electron chi connectivity index (χ2n) is 2.91. The Balaban J connectivity index is 0.00000128. The molecule has 0 aliphatic carbocycles. The maximum absolute atomic E-state index is 5.67. The average Bonchev–Trinajstić information content (AvgIpc) is 2.31. The molecule has 0 aliphatic heterocycles. The van der Waals surface area contributed by atoms with E-state index in [4.69, 9.17) is 16.3 Å². The Kier molecular flexibility index (Phi) is 5.02.